The summed E-state index contributed by atoms with van der Waals surface area (Å²) in [6, 6.07) is 52.3. The number of pyridine rings is 2. The SMILES string of the molecule is Cc1ccc(-n2c(-c3cccs3)ccc2-c2ccc(/C=C/c3ccnc(-c4cc(/C=C/c5ccc(-c6ccc(-c7cccs7)n6-c6ccc(C)cc6)s5)ccn4)c3)s2)cc1. The van der Waals surface area contributed by atoms with Gasteiger partial charge in [0, 0.05) is 33.5 Å². The molecule has 0 saturated carbocycles. The number of benzene rings is 2. The first-order valence-electron chi connectivity index (χ1n) is 19.7. The molecule has 10 aromatic rings. The number of aryl methyl sites for hydroxylation is 2. The van der Waals surface area contributed by atoms with Gasteiger partial charge in [-0.2, -0.15) is 0 Å². The van der Waals surface area contributed by atoms with E-state index in [1.807, 2.05) is 24.5 Å². The Morgan fingerprint density at radius 1 is 0.417 bits per heavy atom. The molecule has 8 heteroatoms. The highest BCUT2D eigenvalue weighted by Gasteiger charge is 2.17. The van der Waals surface area contributed by atoms with Gasteiger partial charge in [0.1, 0.15) is 0 Å². The van der Waals surface area contributed by atoms with Crippen LogP contribution in [0.1, 0.15) is 32.0 Å². The molecule has 0 saturated heterocycles. The van der Waals surface area contributed by atoms with Gasteiger partial charge in [-0.1, -0.05) is 59.7 Å². The van der Waals surface area contributed by atoms with Crippen LogP contribution >= 0.6 is 45.3 Å². The molecule has 60 heavy (non-hydrogen) atoms. The van der Waals surface area contributed by atoms with E-state index in [0.717, 1.165) is 33.9 Å². The molecule has 0 aliphatic heterocycles. The lowest BCUT2D eigenvalue weighted by Crippen LogP contribution is -1.97. The van der Waals surface area contributed by atoms with Crippen molar-refractivity contribution in [1.82, 2.24) is 19.1 Å². The van der Waals surface area contributed by atoms with Gasteiger partial charge in [0.15, 0.2) is 0 Å². The molecule has 0 spiro atoms. The molecule has 0 amide bonds. The largest absolute Gasteiger partial charge is 0.308 e. The summed E-state index contributed by atoms with van der Waals surface area (Å²) in [4.78, 5) is 16.7. The number of rotatable bonds is 11. The molecule has 0 aliphatic carbocycles. The van der Waals surface area contributed by atoms with Crippen LogP contribution in [0.4, 0.5) is 0 Å². The predicted octanol–water partition coefficient (Wildman–Crippen LogP) is 15.6. The second-order valence-corrected chi connectivity index (χ2v) is 18.6. The van der Waals surface area contributed by atoms with Gasteiger partial charge in [0.05, 0.1) is 53.7 Å². The van der Waals surface area contributed by atoms with Crippen molar-refractivity contribution in [1.29, 1.82) is 0 Å². The summed E-state index contributed by atoms with van der Waals surface area (Å²) in [6.45, 7) is 4.26. The van der Waals surface area contributed by atoms with E-state index >= 15 is 0 Å². The molecule has 0 unspecified atom stereocenters. The van der Waals surface area contributed by atoms with E-state index < -0.39 is 0 Å². The standard InChI is InChI=1S/C52H38N4S4/c1-35-7-13-39(14-8-35)55-45(49-5-3-31-57-49)21-23-47(55)51-25-19-41(59-51)17-11-37-27-29-53-43(33-37)44-34-38(28-30-54-44)12-18-42-20-26-52(60-42)48-24-22-46(50-6-4-32-58-50)56(48)40-15-9-36(2)10-16-40/h3-34H,1-2H3/b17-11+,18-12+. The smallest absolute Gasteiger partial charge is 0.0892 e. The average Bonchev–Trinajstić information content (AvgIpc) is 4.14. The Morgan fingerprint density at radius 2 is 0.833 bits per heavy atom. The molecule has 0 bridgehead atoms. The van der Waals surface area contributed by atoms with E-state index in [1.54, 1.807) is 45.3 Å². The minimum atomic E-state index is 0.841. The Bertz CT molecular complexity index is 2880. The van der Waals surface area contributed by atoms with Gasteiger partial charge in [-0.25, -0.2) is 0 Å². The molecule has 4 nitrogen and oxygen atoms in total. The van der Waals surface area contributed by atoms with Crippen molar-refractivity contribution in [3.63, 3.8) is 0 Å². The number of hydrogen-bond donors (Lipinski definition) is 0. The summed E-state index contributed by atoms with van der Waals surface area (Å²) >= 11 is 7.12. The molecule has 0 radical (unpaired) electrons. The lowest BCUT2D eigenvalue weighted by molar-refractivity contribution is 1.10. The topological polar surface area (TPSA) is 35.6 Å². The molecular weight excluding hydrogens is 809 g/mol. The van der Waals surface area contributed by atoms with E-state index in [-0.39, 0.29) is 0 Å². The van der Waals surface area contributed by atoms with Crippen molar-refractivity contribution in [3.05, 3.63) is 201 Å². The number of aromatic nitrogens is 4. The number of hydrogen-bond acceptors (Lipinski definition) is 6. The highest BCUT2D eigenvalue weighted by molar-refractivity contribution is 7.16. The highest BCUT2D eigenvalue weighted by atomic mass is 32.1. The van der Waals surface area contributed by atoms with Crippen molar-refractivity contribution in [3.8, 4) is 65.0 Å². The van der Waals surface area contributed by atoms with Crippen LogP contribution in [-0.2, 0) is 0 Å². The first kappa shape index (κ1) is 37.8. The lowest BCUT2D eigenvalue weighted by Gasteiger charge is -2.13. The third-order valence-corrected chi connectivity index (χ3v) is 14.3. The van der Waals surface area contributed by atoms with Gasteiger partial charge in [0.2, 0.25) is 0 Å². The summed E-state index contributed by atoms with van der Waals surface area (Å²) in [7, 11) is 0. The maximum Gasteiger partial charge on any atom is 0.0892 e. The fraction of sp³-hybridized carbons (Fsp3) is 0.0385. The second-order valence-electron chi connectivity index (χ2n) is 14.5. The molecule has 0 fully saturated rings. The van der Waals surface area contributed by atoms with Crippen LogP contribution in [0.2, 0.25) is 0 Å². The predicted molar refractivity (Wildman–Crippen MR) is 260 cm³/mol. The summed E-state index contributed by atoms with van der Waals surface area (Å²) in [6.07, 6.45) is 12.4. The van der Waals surface area contributed by atoms with Crippen LogP contribution in [0.5, 0.6) is 0 Å². The zero-order chi connectivity index (χ0) is 40.4. The van der Waals surface area contributed by atoms with E-state index in [4.69, 9.17) is 9.97 Å². The summed E-state index contributed by atoms with van der Waals surface area (Å²) in [5, 5.41) is 4.28. The van der Waals surface area contributed by atoms with E-state index in [0.29, 0.717) is 0 Å². The van der Waals surface area contributed by atoms with Crippen LogP contribution in [-0.4, -0.2) is 19.1 Å². The molecule has 2 aromatic carbocycles. The highest BCUT2D eigenvalue weighted by Crippen LogP contribution is 2.39. The number of thiophene rings is 4. The minimum Gasteiger partial charge on any atom is -0.308 e. The van der Waals surface area contributed by atoms with Crippen LogP contribution < -0.4 is 0 Å². The molecule has 0 aliphatic rings. The Hall–Kier alpha value is -6.42. The fourth-order valence-electron chi connectivity index (χ4n) is 7.33. The van der Waals surface area contributed by atoms with Crippen molar-refractivity contribution in [2.45, 2.75) is 13.8 Å². The maximum atomic E-state index is 4.71. The third kappa shape index (κ3) is 7.86. The quantitative estimate of drug-likeness (QED) is 0.130. The fourth-order valence-corrected chi connectivity index (χ4v) is 10.7. The summed E-state index contributed by atoms with van der Waals surface area (Å²) in [5.74, 6) is 0. The lowest BCUT2D eigenvalue weighted by atomic mass is 10.1. The second kappa shape index (κ2) is 16.7. The molecule has 0 N–H and O–H groups in total. The van der Waals surface area contributed by atoms with Crippen LogP contribution in [0, 0.1) is 13.8 Å². The van der Waals surface area contributed by atoms with Gasteiger partial charge in [-0.15, -0.1) is 45.3 Å². The van der Waals surface area contributed by atoms with E-state index in [1.165, 1.54) is 63.2 Å². The molecule has 10 rings (SSSR count). The Morgan fingerprint density at radius 3 is 1.23 bits per heavy atom. The van der Waals surface area contributed by atoms with Crippen molar-refractivity contribution in [2.75, 3.05) is 0 Å². The Labute approximate surface area is 366 Å². The average molecular weight is 847 g/mol. The van der Waals surface area contributed by atoms with Gasteiger partial charge in [0.25, 0.3) is 0 Å². The van der Waals surface area contributed by atoms with Gasteiger partial charge < -0.3 is 9.13 Å². The van der Waals surface area contributed by atoms with E-state index in [9.17, 15) is 0 Å². The van der Waals surface area contributed by atoms with Crippen LogP contribution in [0.15, 0.2) is 169 Å². The van der Waals surface area contributed by atoms with Crippen molar-refractivity contribution in [2.24, 2.45) is 0 Å². The minimum absolute atomic E-state index is 0.841. The normalized spacial score (nSPS) is 11.7. The van der Waals surface area contributed by atoms with Gasteiger partial charge in [-0.05, 0) is 157 Å². The first-order valence-corrected chi connectivity index (χ1v) is 23.1. The van der Waals surface area contributed by atoms with Crippen molar-refractivity contribution >= 4 is 69.7 Å². The van der Waals surface area contributed by atoms with Gasteiger partial charge in [-0.3, -0.25) is 9.97 Å². The monoisotopic (exact) mass is 846 g/mol. The summed E-state index contributed by atoms with van der Waals surface area (Å²) < 4.78 is 4.75. The van der Waals surface area contributed by atoms with E-state index in [2.05, 4.69) is 192 Å². The maximum absolute atomic E-state index is 4.71. The summed E-state index contributed by atoms with van der Waals surface area (Å²) in [5.41, 5.74) is 13.4. The zero-order valence-corrected chi connectivity index (χ0v) is 36.2. The van der Waals surface area contributed by atoms with Crippen LogP contribution in [0.25, 0.3) is 89.4 Å². The molecule has 8 aromatic heterocycles. The third-order valence-electron chi connectivity index (χ3n) is 10.4. The van der Waals surface area contributed by atoms with Crippen LogP contribution in [0.3, 0.4) is 0 Å². The Kier molecular flexibility index (Phi) is 10.5. The Balaban J connectivity index is 0.866. The molecule has 8 heterocycles. The zero-order valence-electron chi connectivity index (χ0n) is 32.9. The van der Waals surface area contributed by atoms with Gasteiger partial charge >= 0.3 is 0 Å². The molecule has 290 valence electrons. The number of nitrogens with zero attached hydrogens (tertiary/aromatic N) is 4. The first-order chi connectivity index (χ1) is 29.5. The van der Waals surface area contributed by atoms with Crippen molar-refractivity contribution < 1.29 is 0 Å². The molecule has 0 atom stereocenters. The molecular formula is C52H38N4S4.